The maximum Gasteiger partial charge on any atom is 0.357 e. The molecule has 2 rings (SSSR count). The van der Waals surface area contributed by atoms with Crippen LogP contribution < -0.4 is 4.18 Å². The molecule has 1 unspecified atom stereocenters. The standard InChI is InChI=1S/C12H8F2O3S/c13-11-9(8-4-2-1-3-5-8)6-7-10(12(11)14)17-18(15)16/h1-7H,(H,15,16). The van der Waals surface area contributed by atoms with Crippen LogP contribution in [-0.2, 0) is 11.4 Å². The van der Waals surface area contributed by atoms with Crippen molar-refractivity contribution in [1.29, 1.82) is 0 Å². The lowest BCUT2D eigenvalue weighted by atomic mass is 10.0. The van der Waals surface area contributed by atoms with Gasteiger partial charge in [0.15, 0.2) is 11.6 Å². The molecule has 94 valence electrons. The van der Waals surface area contributed by atoms with Crippen LogP contribution in [0.25, 0.3) is 11.1 Å². The fraction of sp³-hybridized carbons (Fsp3) is 0. The monoisotopic (exact) mass is 270 g/mol. The molecule has 0 aliphatic carbocycles. The van der Waals surface area contributed by atoms with Crippen LogP contribution in [0.1, 0.15) is 0 Å². The van der Waals surface area contributed by atoms with Crippen molar-refractivity contribution >= 4 is 11.4 Å². The Kier molecular flexibility index (Phi) is 3.69. The molecule has 1 N–H and O–H groups in total. The van der Waals surface area contributed by atoms with E-state index < -0.39 is 28.7 Å². The van der Waals surface area contributed by atoms with Crippen LogP contribution in [0.4, 0.5) is 8.78 Å². The van der Waals surface area contributed by atoms with E-state index in [2.05, 4.69) is 4.18 Å². The Morgan fingerprint density at radius 2 is 1.67 bits per heavy atom. The van der Waals surface area contributed by atoms with Crippen molar-refractivity contribution in [2.45, 2.75) is 0 Å². The Balaban J connectivity index is 2.47. The quantitative estimate of drug-likeness (QED) is 0.871. The highest BCUT2D eigenvalue weighted by molar-refractivity contribution is 7.74. The van der Waals surface area contributed by atoms with Crippen molar-refractivity contribution < 1.29 is 21.7 Å². The van der Waals surface area contributed by atoms with E-state index in [4.69, 9.17) is 4.55 Å². The van der Waals surface area contributed by atoms with Gasteiger partial charge in [0.25, 0.3) is 0 Å². The van der Waals surface area contributed by atoms with Crippen LogP contribution in [0.5, 0.6) is 5.75 Å². The van der Waals surface area contributed by atoms with Crippen molar-refractivity contribution in [2.24, 2.45) is 0 Å². The summed E-state index contributed by atoms with van der Waals surface area (Å²) in [5.41, 5.74) is 0.565. The average Bonchev–Trinajstić information content (AvgIpc) is 2.36. The van der Waals surface area contributed by atoms with Gasteiger partial charge in [0.2, 0.25) is 5.82 Å². The molecule has 0 aromatic heterocycles. The maximum atomic E-state index is 13.8. The fourth-order valence-corrected chi connectivity index (χ4v) is 1.80. The minimum atomic E-state index is -2.69. The van der Waals surface area contributed by atoms with Crippen LogP contribution >= 0.6 is 0 Å². The van der Waals surface area contributed by atoms with Crippen LogP contribution in [-0.4, -0.2) is 8.76 Å². The molecule has 0 spiro atoms. The highest BCUT2D eigenvalue weighted by Gasteiger charge is 2.16. The fourth-order valence-electron chi connectivity index (χ4n) is 1.51. The Labute approximate surface area is 105 Å². The van der Waals surface area contributed by atoms with Gasteiger partial charge in [0.1, 0.15) is 0 Å². The number of hydrogen-bond donors (Lipinski definition) is 1. The number of rotatable bonds is 3. The second-order valence-electron chi connectivity index (χ2n) is 3.41. The van der Waals surface area contributed by atoms with Crippen molar-refractivity contribution in [2.75, 3.05) is 0 Å². The van der Waals surface area contributed by atoms with Gasteiger partial charge in [-0.25, -0.2) is 4.39 Å². The SMILES string of the molecule is O=S(O)Oc1ccc(-c2ccccc2)c(F)c1F. The number of halogens is 2. The second kappa shape index (κ2) is 5.24. The van der Waals surface area contributed by atoms with Crippen LogP contribution in [0.15, 0.2) is 42.5 Å². The third-order valence-corrected chi connectivity index (χ3v) is 2.61. The van der Waals surface area contributed by atoms with E-state index in [-0.39, 0.29) is 5.56 Å². The van der Waals surface area contributed by atoms with Gasteiger partial charge >= 0.3 is 11.4 Å². The number of benzene rings is 2. The predicted octanol–water partition coefficient (Wildman–Crippen LogP) is 3.15. The van der Waals surface area contributed by atoms with E-state index in [0.29, 0.717) is 5.56 Å². The van der Waals surface area contributed by atoms with Gasteiger partial charge < -0.3 is 4.18 Å². The molecule has 2 aromatic rings. The number of hydrogen-bond acceptors (Lipinski definition) is 2. The van der Waals surface area contributed by atoms with Gasteiger partial charge in [-0.2, -0.15) is 8.60 Å². The first-order valence-corrected chi connectivity index (χ1v) is 5.95. The van der Waals surface area contributed by atoms with Gasteiger partial charge in [-0.05, 0) is 17.7 Å². The molecule has 0 fully saturated rings. The summed E-state index contributed by atoms with van der Waals surface area (Å²) in [4.78, 5) is 0. The van der Waals surface area contributed by atoms with Crippen molar-refractivity contribution in [3.63, 3.8) is 0 Å². The minimum Gasteiger partial charge on any atom is -0.377 e. The molecule has 0 aliphatic rings. The van der Waals surface area contributed by atoms with Gasteiger partial charge in [-0.15, -0.1) is 0 Å². The van der Waals surface area contributed by atoms with E-state index in [1.54, 1.807) is 30.3 Å². The molecule has 0 radical (unpaired) electrons. The summed E-state index contributed by atoms with van der Waals surface area (Å²) in [6, 6.07) is 10.8. The summed E-state index contributed by atoms with van der Waals surface area (Å²) < 4.78 is 50.4. The minimum absolute atomic E-state index is 0.0594. The summed E-state index contributed by atoms with van der Waals surface area (Å²) in [5.74, 6) is -3.02. The second-order valence-corrected chi connectivity index (χ2v) is 4.01. The summed E-state index contributed by atoms with van der Waals surface area (Å²) in [6.07, 6.45) is 0. The van der Waals surface area contributed by atoms with Gasteiger partial charge in [0, 0.05) is 5.56 Å². The van der Waals surface area contributed by atoms with Crippen LogP contribution in [0.3, 0.4) is 0 Å². The Bertz CT molecular complexity index is 587. The predicted molar refractivity (Wildman–Crippen MR) is 63.2 cm³/mol. The molecule has 2 aromatic carbocycles. The zero-order chi connectivity index (χ0) is 13.1. The van der Waals surface area contributed by atoms with E-state index in [1.165, 1.54) is 6.07 Å². The summed E-state index contributed by atoms with van der Waals surface area (Å²) in [5, 5.41) is 0. The molecule has 0 aliphatic heterocycles. The molecule has 0 saturated carbocycles. The highest BCUT2D eigenvalue weighted by atomic mass is 32.2. The first kappa shape index (κ1) is 12.7. The van der Waals surface area contributed by atoms with Crippen molar-refractivity contribution in [1.82, 2.24) is 0 Å². The molecule has 3 nitrogen and oxygen atoms in total. The summed E-state index contributed by atoms with van der Waals surface area (Å²) in [7, 11) is 0. The largest absolute Gasteiger partial charge is 0.377 e. The van der Waals surface area contributed by atoms with Crippen molar-refractivity contribution in [3.8, 4) is 16.9 Å². The lowest BCUT2D eigenvalue weighted by Crippen LogP contribution is -2.01. The lowest BCUT2D eigenvalue weighted by Gasteiger charge is -2.07. The van der Waals surface area contributed by atoms with Crippen LogP contribution in [0.2, 0.25) is 0 Å². The molecule has 0 saturated heterocycles. The third-order valence-electron chi connectivity index (χ3n) is 2.29. The molecule has 18 heavy (non-hydrogen) atoms. The normalized spacial score (nSPS) is 12.2. The summed E-state index contributed by atoms with van der Waals surface area (Å²) >= 11 is -2.69. The Hall–Kier alpha value is -1.79. The van der Waals surface area contributed by atoms with E-state index in [1.807, 2.05) is 0 Å². The molecular formula is C12H8F2O3S. The lowest BCUT2D eigenvalue weighted by molar-refractivity contribution is 0.423. The molecule has 1 atom stereocenters. The zero-order valence-electron chi connectivity index (χ0n) is 8.97. The van der Waals surface area contributed by atoms with E-state index in [0.717, 1.165) is 6.07 Å². The summed E-state index contributed by atoms with van der Waals surface area (Å²) in [6.45, 7) is 0. The molecule has 0 bridgehead atoms. The third kappa shape index (κ3) is 2.55. The molecule has 6 heteroatoms. The van der Waals surface area contributed by atoms with Crippen LogP contribution in [0, 0.1) is 11.6 Å². The van der Waals surface area contributed by atoms with Gasteiger partial charge in [-0.1, -0.05) is 30.3 Å². The van der Waals surface area contributed by atoms with E-state index in [9.17, 15) is 13.0 Å². The smallest absolute Gasteiger partial charge is 0.357 e. The maximum absolute atomic E-state index is 13.8. The average molecular weight is 270 g/mol. The molecule has 0 heterocycles. The first-order valence-electron chi connectivity index (χ1n) is 4.92. The van der Waals surface area contributed by atoms with Gasteiger partial charge in [0.05, 0.1) is 0 Å². The van der Waals surface area contributed by atoms with Crippen molar-refractivity contribution in [3.05, 3.63) is 54.1 Å². The highest BCUT2D eigenvalue weighted by Crippen LogP contribution is 2.29. The zero-order valence-corrected chi connectivity index (χ0v) is 9.79. The topological polar surface area (TPSA) is 46.5 Å². The Morgan fingerprint density at radius 3 is 2.28 bits per heavy atom. The Morgan fingerprint density at radius 1 is 1.00 bits per heavy atom. The first-order chi connectivity index (χ1) is 8.59. The van der Waals surface area contributed by atoms with Gasteiger partial charge in [-0.3, -0.25) is 4.55 Å². The van der Waals surface area contributed by atoms with E-state index >= 15 is 0 Å². The molecule has 0 amide bonds. The molecular weight excluding hydrogens is 262 g/mol.